The van der Waals surface area contributed by atoms with E-state index in [1.54, 1.807) is 11.6 Å². The van der Waals surface area contributed by atoms with Crippen LogP contribution < -0.4 is 10.1 Å². The van der Waals surface area contributed by atoms with Crippen LogP contribution in [0.4, 0.5) is 11.5 Å². The molecule has 0 saturated carbocycles. The maximum Gasteiger partial charge on any atom is 0.254 e. The molecule has 4 rings (SSSR count). The van der Waals surface area contributed by atoms with Gasteiger partial charge in [-0.05, 0) is 30.7 Å². The molecule has 7 nitrogen and oxygen atoms in total. The van der Waals surface area contributed by atoms with Gasteiger partial charge in [-0.15, -0.1) is 0 Å². The molecule has 0 fully saturated rings. The third-order valence-electron chi connectivity index (χ3n) is 4.34. The predicted octanol–water partition coefficient (Wildman–Crippen LogP) is 3.87. The van der Waals surface area contributed by atoms with E-state index in [-0.39, 0.29) is 0 Å². The van der Waals surface area contributed by atoms with Crippen molar-refractivity contribution in [1.29, 1.82) is 0 Å². The Labute approximate surface area is 163 Å². The summed E-state index contributed by atoms with van der Waals surface area (Å²) >= 11 is 0. The van der Waals surface area contributed by atoms with Gasteiger partial charge in [-0.25, -0.2) is 4.98 Å². The normalized spacial score (nSPS) is 10.9. The Kier molecular flexibility index (Phi) is 5.16. The van der Waals surface area contributed by atoms with Gasteiger partial charge in [-0.3, -0.25) is 0 Å². The number of aromatic nitrogens is 4. The van der Waals surface area contributed by atoms with Crippen LogP contribution >= 0.6 is 0 Å². The van der Waals surface area contributed by atoms with E-state index in [0.29, 0.717) is 19.0 Å². The highest BCUT2D eigenvalue weighted by Gasteiger charge is 2.11. The Morgan fingerprint density at radius 1 is 1.04 bits per heavy atom. The van der Waals surface area contributed by atoms with E-state index in [1.807, 2.05) is 61.5 Å². The smallest absolute Gasteiger partial charge is 0.254 e. The molecule has 28 heavy (non-hydrogen) atoms. The number of hydrogen-bond acceptors (Lipinski definition) is 6. The van der Waals surface area contributed by atoms with Crippen LogP contribution in [-0.2, 0) is 4.74 Å². The maximum absolute atomic E-state index is 5.68. The number of fused-ring (bicyclic) bond motifs is 1. The number of nitrogens with zero attached hydrogens (tertiary/aromatic N) is 4. The Morgan fingerprint density at radius 3 is 2.68 bits per heavy atom. The molecule has 0 bridgehead atoms. The second kappa shape index (κ2) is 8.06. The molecule has 0 saturated heterocycles. The minimum absolute atomic E-state index is 0.521. The first kappa shape index (κ1) is 17.9. The average molecular weight is 375 g/mol. The van der Waals surface area contributed by atoms with E-state index in [1.165, 1.54) is 6.33 Å². The highest BCUT2D eigenvalue weighted by molar-refractivity contribution is 5.69. The van der Waals surface area contributed by atoms with Gasteiger partial charge in [0.1, 0.15) is 24.5 Å². The number of nitrogens with one attached hydrogen (secondary N) is 1. The summed E-state index contributed by atoms with van der Waals surface area (Å²) in [6.07, 6.45) is 1.50. The summed E-state index contributed by atoms with van der Waals surface area (Å²) in [5, 5.41) is 7.73. The van der Waals surface area contributed by atoms with Crippen LogP contribution in [0.5, 0.6) is 5.75 Å². The van der Waals surface area contributed by atoms with Crippen molar-refractivity contribution in [2.75, 3.05) is 25.6 Å². The summed E-state index contributed by atoms with van der Waals surface area (Å²) in [5.74, 6) is 2.14. The van der Waals surface area contributed by atoms with Crippen molar-refractivity contribution in [3.8, 4) is 17.0 Å². The second-order valence-corrected chi connectivity index (χ2v) is 6.31. The number of benzene rings is 2. The van der Waals surface area contributed by atoms with Crippen LogP contribution in [0.25, 0.3) is 17.0 Å². The van der Waals surface area contributed by atoms with Gasteiger partial charge in [0, 0.05) is 24.4 Å². The van der Waals surface area contributed by atoms with E-state index in [9.17, 15) is 0 Å². The van der Waals surface area contributed by atoms with Gasteiger partial charge < -0.3 is 14.8 Å². The van der Waals surface area contributed by atoms with Crippen LogP contribution in [0.3, 0.4) is 0 Å². The number of aryl methyl sites for hydroxylation is 1. The molecule has 142 valence electrons. The topological polar surface area (TPSA) is 73.6 Å². The monoisotopic (exact) mass is 375 g/mol. The van der Waals surface area contributed by atoms with Crippen molar-refractivity contribution < 1.29 is 9.47 Å². The molecule has 0 unspecified atom stereocenters. The number of anilines is 2. The average Bonchev–Trinajstić information content (AvgIpc) is 3.20. The van der Waals surface area contributed by atoms with Crippen LogP contribution in [0.2, 0.25) is 0 Å². The number of rotatable bonds is 7. The first-order valence-corrected chi connectivity index (χ1v) is 9.00. The predicted molar refractivity (Wildman–Crippen MR) is 108 cm³/mol. The molecular weight excluding hydrogens is 354 g/mol. The fraction of sp³-hybridized carbons (Fsp3) is 0.190. The lowest BCUT2D eigenvalue weighted by atomic mass is 10.1. The number of methoxy groups -OCH3 is 1. The van der Waals surface area contributed by atoms with Crippen molar-refractivity contribution in [1.82, 2.24) is 19.6 Å². The van der Waals surface area contributed by atoms with E-state index in [4.69, 9.17) is 9.47 Å². The van der Waals surface area contributed by atoms with E-state index < -0.39 is 0 Å². The summed E-state index contributed by atoms with van der Waals surface area (Å²) in [7, 11) is 1.66. The number of ether oxygens (including phenoxy) is 2. The zero-order valence-electron chi connectivity index (χ0n) is 15.8. The Morgan fingerprint density at radius 2 is 1.89 bits per heavy atom. The Balaban J connectivity index is 1.65. The van der Waals surface area contributed by atoms with Gasteiger partial charge in [0.15, 0.2) is 0 Å². The highest BCUT2D eigenvalue weighted by Crippen LogP contribution is 2.27. The summed E-state index contributed by atoms with van der Waals surface area (Å²) in [6, 6.07) is 17.9. The Hall–Kier alpha value is -3.45. The largest absolute Gasteiger partial charge is 0.491 e. The van der Waals surface area contributed by atoms with Gasteiger partial charge in [0.05, 0.1) is 12.3 Å². The molecule has 2 heterocycles. The van der Waals surface area contributed by atoms with E-state index in [2.05, 4.69) is 20.4 Å². The zero-order valence-corrected chi connectivity index (χ0v) is 15.8. The van der Waals surface area contributed by atoms with Gasteiger partial charge in [-0.2, -0.15) is 14.6 Å². The summed E-state index contributed by atoms with van der Waals surface area (Å²) in [6.45, 7) is 3.11. The fourth-order valence-electron chi connectivity index (χ4n) is 2.91. The second-order valence-electron chi connectivity index (χ2n) is 6.31. The minimum atomic E-state index is 0.521. The van der Waals surface area contributed by atoms with Crippen molar-refractivity contribution in [3.05, 3.63) is 66.5 Å². The van der Waals surface area contributed by atoms with Crippen LogP contribution in [0.1, 0.15) is 5.56 Å². The first-order chi connectivity index (χ1) is 13.7. The zero-order chi connectivity index (χ0) is 19.3. The van der Waals surface area contributed by atoms with Crippen molar-refractivity contribution >= 4 is 17.3 Å². The lowest BCUT2D eigenvalue weighted by Gasteiger charge is -2.13. The molecule has 0 spiro atoms. The third kappa shape index (κ3) is 3.79. The fourth-order valence-corrected chi connectivity index (χ4v) is 2.91. The molecule has 0 aliphatic heterocycles. The molecule has 4 aromatic rings. The molecular formula is C21H21N5O2. The summed E-state index contributed by atoms with van der Waals surface area (Å²) in [5.41, 5.74) is 3.87. The minimum Gasteiger partial charge on any atom is -0.491 e. The van der Waals surface area contributed by atoms with Gasteiger partial charge >= 0.3 is 0 Å². The van der Waals surface area contributed by atoms with Crippen LogP contribution in [-0.4, -0.2) is 39.9 Å². The van der Waals surface area contributed by atoms with Gasteiger partial charge in [0.25, 0.3) is 5.78 Å². The summed E-state index contributed by atoms with van der Waals surface area (Å²) in [4.78, 5) is 8.86. The molecule has 0 aliphatic rings. The van der Waals surface area contributed by atoms with Crippen LogP contribution in [0, 0.1) is 6.92 Å². The lowest BCUT2D eigenvalue weighted by molar-refractivity contribution is 0.146. The highest BCUT2D eigenvalue weighted by atomic mass is 16.5. The van der Waals surface area contributed by atoms with Gasteiger partial charge in [-0.1, -0.05) is 30.3 Å². The molecule has 0 amide bonds. The lowest BCUT2D eigenvalue weighted by Crippen LogP contribution is -2.05. The first-order valence-electron chi connectivity index (χ1n) is 9.00. The van der Waals surface area contributed by atoms with Crippen LogP contribution in [0.15, 0.2) is 60.9 Å². The molecule has 7 heteroatoms. The van der Waals surface area contributed by atoms with E-state index >= 15 is 0 Å². The molecule has 0 radical (unpaired) electrons. The third-order valence-corrected chi connectivity index (χ3v) is 4.34. The quantitative estimate of drug-likeness (QED) is 0.494. The molecule has 0 aliphatic carbocycles. The Bertz CT molecular complexity index is 1080. The summed E-state index contributed by atoms with van der Waals surface area (Å²) < 4.78 is 12.4. The number of hydrogen-bond donors (Lipinski definition) is 1. The SMILES string of the molecule is COCCOc1ccc(Nc2cc(-c3ccccc3)nc3ncnn23)c(C)c1. The van der Waals surface area contributed by atoms with Crippen molar-refractivity contribution in [3.63, 3.8) is 0 Å². The maximum atomic E-state index is 5.68. The molecule has 2 aromatic carbocycles. The van der Waals surface area contributed by atoms with Gasteiger partial charge in [0.2, 0.25) is 0 Å². The molecule has 0 atom stereocenters. The molecule has 1 N–H and O–H groups in total. The standard InChI is InChI=1S/C21H21N5O2/c1-15-12-17(28-11-10-27-2)8-9-18(15)24-20-13-19(16-6-4-3-5-7-16)25-21-22-14-23-26(20)21/h3-9,12-14,24H,10-11H2,1-2H3. The molecule has 2 aromatic heterocycles. The van der Waals surface area contributed by atoms with Crippen molar-refractivity contribution in [2.45, 2.75) is 6.92 Å². The van der Waals surface area contributed by atoms with E-state index in [0.717, 1.165) is 34.1 Å². The van der Waals surface area contributed by atoms with Crippen molar-refractivity contribution in [2.24, 2.45) is 0 Å².